The highest BCUT2D eigenvalue weighted by Crippen LogP contribution is 2.06. The molecule has 1 aromatic heterocycles. The van der Waals surface area contributed by atoms with Crippen molar-refractivity contribution < 1.29 is 4.79 Å². The maximum Gasteiger partial charge on any atom is 0.242 e. The van der Waals surface area contributed by atoms with Crippen LogP contribution in [0.25, 0.3) is 0 Å². The number of amides is 1. The summed E-state index contributed by atoms with van der Waals surface area (Å²) < 4.78 is 2.42. The van der Waals surface area contributed by atoms with Gasteiger partial charge in [-0.1, -0.05) is 0 Å². The van der Waals surface area contributed by atoms with Gasteiger partial charge in [0.1, 0.15) is 6.54 Å². The zero-order chi connectivity index (χ0) is 11.5. The summed E-state index contributed by atoms with van der Waals surface area (Å²) in [5, 5.41) is 6.81. The molecule has 0 bridgehead atoms. The number of rotatable bonds is 4. The number of aromatic nitrogens is 2. The van der Waals surface area contributed by atoms with Crippen LogP contribution in [0, 0.1) is 0 Å². The van der Waals surface area contributed by atoms with Crippen LogP contribution in [-0.4, -0.2) is 27.8 Å². The van der Waals surface area contributed by atoms with Crippen LogP contribution < -0.4 is 11.1 Å². The fourth-order valence-corrected chi connectivity index (χ4v) is 1.37. The first-order chi connectivity index (χ1) is 6.93. The van der Waals surface area contributed by atoms with Crippen molar-refractivity contribution in [1.29, 1.82) is 0 Å². The van der Waals surface area contributed by atoms with Crippen molar-refractivity contribution >= 4 is 34.2 Å². The lowest BCUT2D eigenvalue weighted by molar-refractivity contribution is -0.123. The van der Waals surface area contributed by atoms with Crippen LogP contribution >= 0.6 is 28.3 Å². The molecular weight excluding hydrogens is 295 g/mol. The molecule has 1 aromatic rings. The van der Waals surface area contributed by atoms with Crippen LogP contribution in [0.5, 0.6) is 0 Å². The molecule has 0 saturated heterocycles. The molecule has 92 valence electrons. The Morgan fingerprint density at radius 3 is 2.75 bits per heavy atom. The summed E-state index contributed by atoms with van der Waals surface area (Å²) in [5.41, 5.74) is 5.13. The first-order valence-electron chi connectivity index (χ1n) is 4.62. The second-order valence-corrected chi connectivity index (χ2v) is 4.91. The maximum atomic E-state index is 11.6. The second-order valence-electron chi connectivity index (χ2n) is 3.99. The van der Waals surface area contributed by atoms with Crippen molar-refractivity contribution in [3.63, 3.8) is 0 Å². The number of carbonyl (C=O) groups excluding carboxylic acids is 1. The normalized spacial score (nSPS) is 10.8. The van der Waals surface area contributed by atoms with Gasteiger partial charge in [-0.3, -0.25) is 9.48 Å². The molecule has 0 fully saturated rings. The quantitative estimate of drug-likeness (QED) is 0.868. The first kappa shape index (κ1) is 15.4. The van der Waals surface area contributed by atoms with E-state index < -0.39 is 0 Å². The number of halogens is 2. The first-order valence-corrected chi connectivity index (χ1v) is 5.41. The van der Waals surface area contributed by atoms with Gasteiger partial charge in [0.25, 0.3) is 0 Å². The lowest BCUT2D eigenvalue weighted by atomic mass is 10.1. The van der Waals surface area contributed by atoms with E-state index in [0.29, 0.717) is 6.54 Å². The number of nitrogens with one attached hydrogen (secondary N) is 1. The minimum absolute atomic E-state index is 0. The molecule has 0 radical (unpaired) electrons. The molecule has 0 atom stereocenters. The Kier molecular flexibility index (Phi) is 5.99. The zero-order valence-electron chi connectivity index (χ0n) is 9.24. The molecule has 0 aromatic carbocycles. The molecule has 0 spiro atoms. The minimum Gasteiger partial charge on any atom is -0.348 e. The Bertz CT molecular complexity index is 353. The van der Waals surface area contributed by atoms with E-state index in [0.717, 1.165) is 4.47 Å². The summed E-state index contributed by atoms with van der Waals surface area (Å²) in [6.07, 6.45) is 3.39. The third-order valence-corrected chi connectivity index (χ3v) is 2.30. The third-order valence-electron chi connectivity index (χ3n) is 1.90. The average molecular weight is 312 g/mol. The van der Waals surface area contributed by atoms with E-state index >= 15 is 0 Å². The molecule has 0 aliphatic carbocycles. The van der Waals surface area contributed by atoms with Crippen molar-refractivity contribution in [2.45, 2.75) is 25.9 Å². The average Bonchev–Trinajstić information content (AvgIpc) is 2.50. The molecule has 5 nitrogen and oxygen atoms in total. The van der Waals surface area contributed by atoms with Crippen molar-refractivity contribution in [2.75, 3.05) is 6.54 Å². The van der Waals surface area contributed by atoms with E-state index in [9.17, 15) is 4.79 Å². The molecule has 0 unspecified atom stereocenters. The van der Waals surface area contributed by atoms with Gasteiger partial charge >= 0.3 is 0 Å². The smallest absolute Gasteiger partial charge is 0.242 e. The van der Waals surface area contributed by atoms with Crippen LogP contribution in [0.1, 0.15) is 13.8 Å². The molecule has 0 aliphatic rings. The Morgan fingerprint density at radius 1 is 1.69 bits per heavy atom. The van der Waals surface area contributed by atoms with Crippen LogP contribution in [0.2, 0.25) is 0 Å². The summed E-state index contributed by atoms with van der Waals surface area (Å²) in [5.74, 6) is -0.0962. The van der Waals surface area contributed by atoms with Gasteiger partial charge < -0.3 is 11.1 Å². The predicted molar refractivity (Wildman–Crippen MR) is 68.5 cm³/mol. The number of nitrogens with two attached hydrogens (primary N) is 1. The fourth-order valence-electron chi connectivity index (χ4n) is 1.04. The molecule has 1 heterocycles. The summed E-state index contributed by atoms with van der Waals surface area (Å²) in [4.78, 5) is 11.6. The Hall–Kier alpha value is -0.590. The van der Waals surface area contributed by atoms with Gasteiger partial charge in [0.05, 0.1) is 10.7 Å². The minimum atomic E-state index is -0.374. The Labute approximate surface area is 109 Å². The highest BCUT2D eigenvalue weighted by Gasteiger charge is 2.18. The van der Waals surface area contributed by atoms with Gasteiger partial charge in [-0.05, 0) is 29.8 Å². The fraction of sp³-hybridized carbons (Fsp3) is 0.556. The van der Waals surface area contributed by atoms with Crippen LogP contribution in [0.3, 0.4) is 0 Å². The molecule has 1 amide bonds. The van der Waals surface area contributed by atoms with Gasteiger partial charge in [-0.25, -0.2) is 0 Å². The van der Waals surface area contributed by atoms with E-state index in [4.69, 9.17) is 5.73 Å². The summed E-state index contributed by atoms with van der Waals surface area (Å²) in [7, 11) is 0. The lowest BCUT2D eigenvalue weighted by Gasteiger charge is -2.24. The predicted octanol–water partition coefficient (Wildman–Crippen LogP) is 0.921. The standard InChI is InChI=1S/C9H15BrN4O.ClH/c1-9(2,6-11)13-8(15)5-14-4-7(10)3-12-14;/h3-4H,5-6,11H2,1-2H3,(H,13,15);1H. The van der Waals surface area contributed by atoms with Crippen molar-refractivity contribution in [1.82, 2.24) is 15.1 Å². The number of hydrogen-bond donors (Lipinski definition) is 2. The molecule has 16 heavy (non-hydrogen) atoms. The Morgan fingerprint density at radius 2 is 2.31 bits per heavy atom. The van der Waals surface area contributed by atoms with Gasteiger partial charge in [0.2, 0.25) is 5.91 Å². The molecule has 0 aliphatic heterocycles. The van der Waals surface area contributed by atoms with Gasteiger partial charge in [0.15, 0.2) is 0 Å². The van der Waals surface area contributed by atoms with Crippen LogP contribution in [0.4, 0.5) is 0 Å². The highest BCUT2D eigenvalue weighted by atomic mass is 79.9. The topological polar surface area (TPSA) is 72.9 Å². The Balaban J connectivity index is 0.00000225. The summed E-state index contributed by atoms with van der Waals surface area (Å²) >= 11 is 3.26. The molecule has 3 N–H and O–H groups in total. The van der Waals surface area contributed by atoms with E-state index in [1.54, 1.807) is 17.1 Å². The summed E-state index contributed by atoms with van der Waals surface area (Å²) in [6, 6.07) is 0. The largest absolute Gasteiger partial charge is 0.348 e. The van der Waals surface area contributed by atoms with Crippen molar-refractivity contribution in [3.8, 4) is 0 Å². The lowest BCUT2D eigenvalue weighted by Crippen LogP contribution is -2.49. The molecule has 1 rings (SSSR count). The molecular formula is C9H16BrClN4O. The second kappa shape index (κ2) is 6.22. The van der Waals surface area contributed by atoms with E-state index in [-0.39, 0.29) is 30.4 Å². The summed E-state index contributed by atoms with van der Waals surface area (Å²) in [6.45, 7) is 4.37. The third kappa shape index (κ3) is 4.96. The van der Waals surface area contributed by atoms with Gasteiger partial charge in [-0.2, -0.15) is 5.10 Å². The zero-order valence-corrected chi connectivity index (χ0v) is 11.6. The number of hydrogen-bond acceptors (Lipinski definition) is 3. The maximum absolute atomic E-state index is 11.6. The van der Waals surface area contributed by atoms with Crippen molar-refractivity contribution in [3.05, 3.63) is 16.9 Å². The van der Waals surface area contributed by atoms with Crippen LogP contribution in [0.15, 0.2) is 16.9 Å². The monoisotopic (exact) mass is 310 g/mol. The van der Waals surface area contributed by atoms with Gasteiger partial charge in [0, 0.05) is 18.3 Å². The van der Waals surface area contributed by atoms with Crippen molar-refractivity contribution in [2.24, 2.45) is 5.73 Å². The van der Waals surface area contributed by atoms with E-state index in [2.05, 4.69) is 26.3 Å². The molecule has 7 heteroatoms. The highest BCUT2D eigenvalue weighted by molar-refractivity contribution is 9.10. The number of carbonyl (C=O) groups is 1. The van der Waals surface area contributed by atoms with E-state index in [1.807, 2.05) is 13.8 Å². The SMILES string of the molecule is CC(C)(CN)NC(=O)Cn1cc(Br)cn1.Cl. The van der Waals surface area contributed by atoms with Crippen LogP contribution in [-0.2, 0) is 11.3 Å². The number of nitrogens with zero attached hydrogens (tertiary/aromatic N) is 2. The van der Waals surface area contributed by atoms with E-state index in [1.165, 1.54) is 0 Å². The molecule has 0 saturated carbocycles. The van der Waals surface area contributed by atoms with Gasteiger partial charge in [-0.15, -0.1) is 12.4 Å².